The second-order valence-electron chi connectivity index (χ2n) is 4.67. The van der Waals surface area contributed by atoms with Crippen LogP contribution in [0.4, 0.5) is 5.82 Å². The first kappa shape index (κ1) is 13.9. The molecule has 7 nitrogen and oxygen atoms in total. The Morgan fingerprint density at radius 2 is 1.95 bits per heavy atom. The summed E-state index contributed by atoms with van der Waals surface area (Å²) >= 11 is 0. The normalized spacial score (nSPS) is 14.1. The first-order valence-corrected chi connectivity index (χ1v) is 8.17. The summed E-state index contributed by atoms with van der Waals surface area (Å²) < 4.78 is 33.0. The standard InChI is InChI=1S/C13H15N3O4S/c14-21(17,18)6-3-16-13-10-8-12-11(19-4-5-20-12)7-9(10)1-2-15-13/h1-2,7-8H,3-6H2,(H,15,16)(H2,14,17,18). The second kappa shape index (κ2) is 5.38. The summed E-state index contributed by atoms with van der Waals surface area (Å²) in [7, 11) is -3.50. The van der Waals surface area contributed by atoms with Crippen LogP contribution < -0.4 is 19.9 Å². The number of benzene rings is 1. The molecule has 0 fully saturated rings. The van der Waals surface area contributed by atoms with Crippen LogP contribution in [0.1, 0.15) is 0 Å². The average Bonchev–Trinajstić information content (AvgIpc) is 2.44. The molecule has 0 aliphatic carbocycles. The number of fused-ring (bicyclic) bond motifs is 2. The van der Waals surface area contributed by atoms with Crippen molar-refractivity contribution in [1.82, 2.24) is 4.98 Å². The zero-order valence-electron chi connectivity index (χ0n) is 11.2. The van der Waals surface area contributed by atoms with Crippen molar-refractivity contribution in [3.8, 4) is 11.5 Å². The molecule has 0 unspecified atom stereocenters. The summed E-state index contributed by atoms with van der Waals surface area (Å²) in [5, 5.41) is 9.74. The topological polar surface area (TPSA) is 104 Å². The Balaban J connectivity index is 1.91. The second-order valence-corrected chi connectivity index (χ2v) is 6.40. The van der Waals surface area contributed by atoms with Gasteiger partial charge in [0.1, 0.15) is 19.0 Å². The van der Waals surface area contributed by atoms with Gasteiger partial charge in [-0.2, -0.15) is 0 Å². The van der Waals surface area contributed by atoms with Gasteiger partial charge in [0.2, 0.25) is 10.0 Å². The SMILES string of the molecule is NS(=O)(=O)CCNc1nccc2cc3c(cc12)OCCO3. The van der Waals surface area contributed by atoms with Crippen LogP contribution in [0.25, 0.3) is 10.8 Å². The summed E-state index contributed by atoms with van der Waals surface area (Å²) in [5.74, 6) is 1.80. The Hall–Kier alpha value is -2.06. The number of nitrogens with two attached hydrogens (primary N) is 1. The van der Waals surface area contributed by atoms with Crippen LogP contribution >= 0.6 is 0 Å². The maximum absolute atomic E-state index is 11.0. The molecule has 3 N–H and O–H groups in total. The fraction of sp³-hybridized carbons (Fsp3) is 0.308. The summed E-state index contributed by atoms with van der Waals surface area (Å²) in [6.45, 7) is 1.23. The minimum atomic E-state index is -3.50. The molecule has 2 aromatic rings. The Morgan fingerprint density at radius 1 is 1.24 bits per heavy atom. The zero-order chi connectivity index (χ0) is 14.9. The average molecular weight is 309 g/mol. The number of hydrogen-bond donors (Lipinski definition) is 2. The summed E-state index contributed by atoms with van der Waals surface area (Å²) in [5.41, 5.74) is 0. The molecule has 1 aromatic carbocycles. The van der Waals surface area contributed by atoms with Crippen molar-refractivity contribution >= 4 is 26.6 Å². The summed E-state index contributed by atoms with van der Waals surface area (Å²) in [6, 6.07) is 5.59. The number of ether oxygens (including phenoxy) is 2. The van der Waals surface area contributed by atoms with Gasteiger partial charge in [0.15, 0.2) is 11.5 Å². The molecule has 1 aromatic heterocycles. The third-order valence-corrected chi connectivity index (χ3v) is 3.88. The summed E-state index contributed by atoms with van der Waals surface area (Å²) in [4.78, 5) is 4.23. The predicted molar refractivity (Wildman–Crippen MR) is 79.2 cm³/mol. The molecule has 112 valence electrons. The molecule has 0 atom stereocenters. The van der Waals surface area contributed by atoms with E-state index in [9.17, 15) is 8.42 Å². The summed E-state index contributed by atoms with van der Waals surface area (Å²) in [6.07, 6.45) is 1.65. The number of primary sulfonamides is 1. The van der Waals surface area contributed by atoms with E-state index in [0.717, 1.165) is 10.8 Å². The predicted octanol–water partition coefficient (Wildman–Crippen LogP) is 0.706. The van der Waals surface area contributed by atoms with Gasteiger partial charge in [0.05, 0.1) is 5.75 Å². The fourth-order valence-corrected chi connectivity index (χ4v) is 2.55. The largest absolute Gasteiger partial charge is 0.486 e. The molecule has 0 radical (unpaired) electrons. The van der Waals surface area contributed by atoms with Gasteiger partial charge in [-0.25, -0.2) is 18.5 Å². The van der Waals surface area contributed by atoms with E-state index in [4.69, 9.17) is 14.6 Å². The quantitative estimate of drug-likeness (QED) is 0.862. The number of nitrogens with one attached hydrogen (secondary N) is 1. The molecule has 0 saturated heterocycles. The van der Waals surface area contributed by atoms with Crippen LogP contribution in [0, 0.1) is 0 Å². The van der Waals surface area contributed by atoms with Crippen LogP contribution in [0.15, 0.2) is 24.4 Å². The van der Waals surface area contributed by atoms with Crippen molar-refractivity contribution in [3.63, 3.8) is 0 Å². The van der Waals surface area contributed by atoms with Crippen molar-refractivity contribution < 1.29 is 17.9 Å². The highest BCUT2D eigenvalue weighted by molar-refractivity contribution is 7.89. The Bertz CT molecular complexity index is 776. The van der Waals surface area contributed by atoms with Gasteiger partial charge in [-0.1, -0.05) is 0 Å². The lowest BCUT2D eigenvalue weighted by molar-refractivity contribution is 0.172. The van der Waals surface area contributed by atoms with Gasteiger partial charge in [-0.05, 0) is 23.6 Å². The highest BCUT2D eigenvalue weighted by Gasteiger charge is 2.14. The highest BCUT2D eigenvalue weighted by atomic mass is 32.2. The maximum Gasteiger partial charge on any atom is 0.210 e. The number of hydrogen-bond acceptors (Lipinski definition) is 6. The van der Waals surface area contributed by atoms with Crippen molar-refractivity contribution in [3.05, 3.63) is 24.4 Å². The molecule has 21 heavy (non-hydrogen) atoms. The number of rotatable bonds is 4. The first-order valence-electron chi connectivity index (χ1n) is 6.46. The molecule has 8 heteroatoms. The van der Waals surface area contributed by atoms with Crippen LogP contribution in [0.5, 0.6) is 11.5 Å². The fourth-order valence-electron chi connectivity index (χ4n) is 2.16. The van der Waals surface area contributed by atoms with Crippen LogP contribution in [-0.2, 0) is 10.0 Å². The highest BCUT2D eigenvalue weighted by Crippen LogP contribution is 2.36. The van der Waals surface area contributed by atoms with Crippen LogP contribution in [0.2, 0.25) is 0 Å². The third kappa shape index (κ3) is 3.17. The number of aromatic nitrogens is 1. The smallest absolute Gasteiger partial charge is 0.210 e. The minimum absolute atomic E-state index is 0.157. The zero-order valence-corrected chi connectivity index (χ0v) is 12.0. The van der Waals surface area contributed by atoms with Gasteiger partial charge in [-0.3, -0.25) is 0 Å². The number of anilines is 1. The molecule has 0 amide bonds. The van der Waals surface area contributed by atoms with E-state index >= 15 is 0 Å². The van der Waals surface area contributed by atoms with E-state index in [1.807, 2.05) is 18.2 Å². The molecule has 1 aliphatic heterocycles. The van der Waals surface area contributed by atoms with E-state index in [0.29, 0.717) is 30.5 Å². The lowest BCUT2D eigenvalue weighted by atomic mass is 10.1. The van der Waals surface area contributed by atoms with Gasteiger partial charge in [-0.15, -0.1) is 0 Å². The van der Waals surface area contributed by atoms with Crippen molar-refractivity contribution in [2.75, 3.05) is 30.8 Å². The van der Waals surface area contributed by atoms with E-state index < -0.39 is 10.0 Å². The molecule has 2 heterocycles. The monoisotopic (exact) mass is 309 g/mol. The van der Waals surface area contributed by atoms with E-state index in [1.165, 1.54) is 0 Å². The minimum Gasteiger partial charge on any atom is -0.486 e. The first-order chi connectivity index (χ1) is 10.0. The van der Waals surface area contributed by atoms with Gasteiger partial charge in [0.25, 0.3) is 0 Å². The number of sulfonamides is 1. The number of pyridine rings is 1. The molecular formula is C13H15N3O4S. The van der Waals surface area contributed by atoms with Crippen molar-refractivity contribution in [2.24, 2.45) is 5.14 Å². The van der Waals surface area contributed by atoms with Crippen molar-refractivity contribution in [1.29, 1.82) is 0 Å². The van der Waals surface area contributed by atoms with Gasteiger partial charge >= 0.3 is 0 Å². The molecule has 0 saturated carbocycles. The maximum atomic E-state index is 11.0. The van der Waals surface area contributed by atoms with E-state index in [1.54, 1.807) is 6.20 Å². The Morgan fingerprint density at radius 3 is 2.67 bits per heavy atom. The lowest BCUT2D eigenvalue weighted by Crippen LogP contribution is -2.22. The Labute approximate surface area is 122 Å². The van der Waals surface area contributed by atoms with E-state index in [2.05, 4.69) is 10.3 Å². The number of nitrogens with zero attached hydrogens (tertiary/aromatic N) is 1. The molecule has 1 aliphatic rings. The lowest BCUT2D eigenvalue weighted by Gasteiger charge is -2.19. The third-order valence-electron chi connectivity index (χ3n) is 3.11. The Kier molecular flexibility index (Phi) is 3.56. The van der Waals surface area contributed by atoms with Gasteiger partial charge < -0.3 is 14.8 Å². The molecule has 0 spiro atoms. The van der Waals surface area contributed by atoms with Gasteiger partial charge in [0, 0.05) is 18.1 Å². The molecular weight excluding hydrogens is 294 g/mol. The molecule has 3 rings (SSSR count). The van der Waals surface area contributed by atoms with E-state index in [-0.39, 0.29) is 12.3 Å². The van der Waals surface area contributed by atoms with Crippen LogP contribution in [0.3, 0.4) is 0 Å². The van der Waals surface area contributed by atoms with Crippen molar-refractivity contribution in [2.45, 2.75) is 0 Å². The van der Waals surface area contributed by atoms with Crippen LogP contribution in [-0.4, -0.2) is 38.9 Å². The molecule has 0 bridgehead atoms.